The molecule has 2 heteroatoms. The summed E-state index contributed by atoms with van der Waals surface area (Å²) in [6.07, 6.45) is 21.6. The number of hydrogen-bond acceptors (Lipinski definition) is 2. The number of nitrogens with one attached hydrogen (secondary N) is 1. The van der Waals surface area contributed by atoms with Crippen LogP contribution in [0.5, 0.6) is 0 Å². The second-order valence-electron chi connectivity index (χ2n) is 11.3. The second-order valence-corrected chi connectivity index (χ2v) is 11.3. The Hall–Kier alpha value is -0.760. The van der Waals surface area contributed by atoms with Gasteiger partial charge in [0.2, 0.25) is 0 Å². The highest BCUT2D eigenvalue weighted by atomic mass is 15.1. The summed E-state index contributed by atoms with van der Waals surface area (Å²) in [6, 6.07) is 0. The van der Waals surface area contributed by atoms with Crippen LogP contribution in [-0.2, 0) is 0 Å². The fraction of sp³-hybridized carbons (Fsp3) is 0.857. The van der Waals surface area contributed by atoms with Gasteiger partial charge in [-0.15, -0.1) is 0 Å². The molecule has 0 saturated heterocycles. The van der Waals surface area contributed by atoms with Crippen molar-refractivity contribution in [2.45, 2.75) is 105 Å². The van der Waals surface area contributed by atoms with E-state index in [1.54, 1.807) is 0 Å². The largest absolute Gasteiger partial charge is 0.355 e. The van der Waals surface area contributed by atoms with Gasteiger partial charge in [0.25, 0.3) is 0 Å². The quantitative estimate of drug-likeness (QED) is 0.308. The van der Waals surface area contributed by atoms with Crippen molar-refractivity contribution in [3.63, 3.8) is 0 Å². The Morgan fingerprint density at radius 1 is 1.00 bits per heavy atom. The van der Waals surface area contributed by atoms with Crippen LogP contribution in [0.25, 0.3) is 0 Å². The molecule has 0 heterocycles. The summed E-state index contributed by atoms with van der Waals surface area (Å²) in [7, 11) is 0. The fourth-order valence-electron chi connectivity index (χ4n) is 7.12. The van der Waals surface area contributed by atoms with Crippen molar-refractivity contribution in [1.29, 1.82) is 0 Å². The van der Waals surface area contributed by atoms with E-state index in [9.17, 15) is 0 Å². The molecule has 2 nitrogen and oxygen atoms in total. The Morgan fingerprint density at radius 2 is 1.73 bits per heavy atom. The maximum Gasteiger partial charge on any atom is 0.0231 e. The Bertz CT molecular complexity index is 523. The fourth-order valence-corrected chi connectivity index (χ4v) is 7.12. The Balaban J connectivity index is 1.60. The van der Waals surface area contributed by atoms with Crippen molar-refractivity contribution >= 4 is 0 Å². The predicted octanol–water partition coefficient (Wildman–Crippen LogP) is 7.77. The molecule has 0 radical (unpaired) electrons. The molecule has 2 fully saturated rings. The highest BCUT2D eigenvalue weighted by Gasteiger charge is 2.53. The third-order valence-electron chi connectivity index (χ3n) is 8.68. The molecule has 0 aromatic heterocycles. The van der Waals surface area contributed by atoms with Gasteiger partial charge in [0, 0.05) is 6.54 Å². The van der Waals surface area contributed by atoms with E-state index in [1.807, 2.05) is 6.20 Å². The Morgan fingerprint density at radius 3 is 2.47 bits per heavy atom. The number of rotatable bonds is 13. The molecule has 2 saturated carbocycles. The summed E-state index contributed by atoms with van der Waals surface area (Å²) >= 11 is 0. The van der Waals surface area contributed by atoms with Crippen LogP contribution in [0.1, 0.15) is 105 Å². The van der Waals surface area contributed by atoms with E-state index in [-0.39, 0.29) is 0 Å². The topological polar surface area (TPSA) is 15.3 Å². The van der Waals surface area contributed by atoms with Gasteiger partial charge in [0.1, 0.15) is 0 Å². The molecule has 0 bridgehead atoms. The van der Waals surface area contributed by atoms with Crippen LogP contribution in [0, 0.1) is 28.6 Å². The lowest BCUT2D eigenvalue weighted by Crippen LogP contribution is -2.51. The van der Waals surface area contributed by atoms with Gasteiger partial charge in [0.15, 0.2) is 0 Å². The average molecular weight is 417 g/mol. The summed E-state index contributed by atoms with van der Waals surface area (Å²) in [5.41, 5.74) is 1.17. The number of unbranched alkanes of at least 4 members (excludes halogenated alkanes) is 3. The zero-order valence-electron chi connectivity index (χ0n) is 21.0. The summed E-state index contributed by atoms with van der Waals surface area (Å²) in [5, 5.41) is 3.62. The van der Waals surface area contributed by atoms with Crippen molar-refractivity contribution in [1.82, 2.24) is 10.2 Å². The highest BCUT2D eigenvalue weighted by molar-refractivity contribution is 5.02. The molecule has 1 N–H and O–H groups in total. The molecule has 174 valence electrons. The zero-order valence-corrected chi connectivity index (χ0v) is 21.0. The first-order chi connectivity index (χ1) is 14.3. The van der Waals surface area contributed by atoms with Crippen LogP contribution >= 0.6 is 0 Å². The smallest absolute Gasteiger partial charge is 0.0231 e. The zero-order chi connectivity index (χ0) is 22.0. The van der Waals surface area contributed by atoms with Crippen molar-refractivity contribution < 1.29 is 0 Å². The van der Waals surface area contributed by atoms with Crippen LogP contribution in [0.2, 0.25) is 0 Å². The second kappa shape index (κ2) is 12.3. The summed E-state index contributed by atoms with van der Waals surface area (Å²) in [6.45, 7) is 19.6. The predicted molar refractivity (Wildman–Crippen MR) is 133 cm³/mol. The van der Waals surface area contributed by atoms with Crippen molar-refractivity contribution in [2.24, 2.45) is 28.6 Å². The lowest BCUT2D eigenvalue weighted by Gasteiger charge is -2.59. The molecule has 30 heavy (non-hydrogen) atoms. The van der Waals surface area contributed by atoms with Gasteiger partial charge in [-0.1, -0.05) is 72.5 Å². The number of fused-ring (bicyclic) bond motifs is 1. The van der Waals surface area contributed by atoms with Crippen LogP contribution in [-0.4, -0.2) is 24.5 Å². The number of nitrogens with zero attached hydrogens (tertiary/aromatic N) is 1. The van der Waals surface area contributed by atoms with E-state index in [2.05, 4.69) is 63.7 Å². The lowest BCUT2D eigenvalue weighted by atomic mass is 9.46. The third kappa shape index (κ3) is 6.87. The molecule has 0 aromatic carbocycles. The summed E-state index contributed by atoms with van der Waals surface area (Å²) in [4.78, 5) is 2.16. The molecule has 2 aliphatic rings. The normalized spacial score (nSPS) is 30.9. The SMILES string of the molecule is C=CN(/C=C\C)CCCNCCCCCCC1C(C)CCC2C(C)(C)CCCC12C. The van der Waals surface area contributed by atoms with E-state index in [4.69, 9.17) is 0 Å². The van der Waals surface area contributed by atoms with E-state index < -0.39 is 0 Å². The molecular formula is C28H52N2. The van der Waals surface area contributed by atoms with Gasteiger partial charge in [-0.05, 0) is 99.5 Å². The number of hydrogen-bond donors (Lipinski definition) is 1. The third-order valence-corrected chi connectivity index (χ3v) is 8.68. The van der Waals surface area contributed by atoms with Crippen molar-refractivity contribution in [3.8, 4) is 0 Å². The minimum absolute atomic E-state index is 0.562. The molecule has 0 amide bonds. The molecule has 0 spiro atoms. The average Bonchev–Trinajstić information content (AvgIpc) is 2.69. The maximum absolute atomic E-state index is 3.86. The van der Waals surface area contributed by atoms with Crippen LogP contribution in [0.15, 0.2) is 25.1 Å². The van der Waals surface area contributed by atoms with Crippen LogP contribution < -0.4 is 5.32 Å². The van der Waals surface area contributed by atoms with Crippen LogP contribution in [0.4, 0.5) is 0 Å². The lowest BCUT2D eigenvalue weighted by molar-refractivity contribution is -0.0964. The van der Waals surface area contributed by atoms with Crippen molar-refractivity contribution in [3.05, 3.63) is 25.1 Å². The molecular weight excluding hydrogens is 364 g/mol. The van der Waals surface area contributed by atoms with Gasteiger partial charge in [-0.3, -0.25) is 0 Å². The van der Waals surface area contributed by atoms with Gasteiger partial charge >= 0.3 is 0 Å². The van der Waals surface area contributed by atoms with E-state index in [0.717, 1.165) is 30.8 Å². The van der Waals surface area contributed by atoms with Crippen molar-refractivity contribution in [2.75, 3.05) is 19.6 Å². The first-order valence-electron chi connectivity index (χ1n) is 13.1. The van der Waals surface area contributed by atoms with Crippen LogP contribution in [0.3, 0.4) is 0 Å². The van der Waals surface area contributed by atoms with Gasteiger partial charge < -0.3 is 10.2 Å². The number of allylic oxidation sites excluding steroid dienone is 1. The standard InChI is InChI=1S/C28H52N2/c1-7-22-30(8-2)23-14-21-29-20-12-10-9-11-15-25-24(3)16-17-26-27(4,5)18-13-19-28(25,26)6/h7-8,22,24-26,29H,2,9-21,23H2,1,3-6H3/b22-7-. The molecule has 2 rings (SSSR count). The van der Waals surface area contributed by atoms with E-state index in [0.29, 0.717) is 10.8 Å². The maximum atomic E-state index is 3.86. The molecule has 2 aliphatic carbocycles. The Labute approximate surface area is 189 Å². The molecule has 0 aliphatic heterocycles. The summed E-state index contributed by atoms with van der Waals surface area (Å²) in [5.74, 6) is 2.84. The summed E-state index contributed by atoms with van der Waals surface area (Å²) < 4.78 is 0. The Kier molecular flexibility index (Phi) is 10.5. The first kappa shape index (κ1) is 25.5. The highest BCUT2D eigenvalue weighted by Crippen LogP contribution is 2.62. The minimum Gasteiger partial charge on any atom is -0.355 e. The molecule has 4 atom stereocenters. The van der Waals surface area contributed by atoms with E-state index >= 15 is 0 Å². The first-order valence-corrected chi connectivity index (χ1v) is 13.1. The monoisotopic (exact) mass is 416 g/mol. The van der Waals surface area contributed by atoms with E-state index in [1.165, 1.54) is 77.2 Å². The van der Waals surface area contributed by atoms with Gasteiger partial charge in [-0.25, -0.2) is 0 Å². The molecule has 0 aromatic rings. The molecule has 4 unspecified atom stereocenters. The van der Waals surface area contributed by atoms with Gasteiger partial charge in [-0.2, -0.15) is 0 Å². The minimum atomic E-state index is 0.562. The van der Waals surface area contributed by atoms with Gasteiger partial charge in [0.05, 0.1) is 0 Å².